The number of carbonyl (C=O) groups excluding carboxylic acids is 1. The molecular formula is C11H14N4O3S. The number of amides is 1. The molecule has 0 spiro atoms. The molecule has 7 nitrogen and oxygen atoms in total. The molecular weight excluding hydrogens is 268 g/mol. The van der Waals surface area contributed by atoms with E-state index in [9.17, 15) is 13.2 Å². The summed E-state index contributed by atoms with van der Waals surface area (Å²) in [6.45, 7) is 0.359. The first-order valence-electron chi connectivity index (χ1n) is 5.47. The van der Waals surface area contributed by atoms with E-state index in [4.69, 9.17) is 5.14 Å². The predicted molar refractivity (Wildman–Crippen MR) is 68.7 cm³/mol. The quantitative estimate of drug-likeness (QED) is 0.730. The van der Waals surface area contributed by atoms with Crippen LogP contribution >= 0.6 is 0 Å². The van der Waals surface area contributed by atoms with Crippen LogP contribution in [0.4, 0.5) is 0 Å². The maximum atomic E-state index is 11.9. The van der Waals surface area contributed by atoms with Crippen molar-refractivity contribution in [3.05, 3.63) is 42.0 Å². The zero-order chi connectivity index (χ0) is 14.0. The lowest BCUT2D eigenvalue weighted by molar-refractivity contribution is 0.0943. The highest BCUT2D eigenvalue weighted by Gasteiger charge is 2.17. The molecule has 8 heteroatoms. The molecule has 1 amide bonds. The molecule has 0 saturated heterocycles. The standard InChI is InChI=1S/C11H14N4O3S/c1-15-7-9(19(12,17)18)4-10(15)11(16)14-6-8-2-3-13-5-8/h2-5,7,13H,6H2,1H3,(H,14,16)(H2,12,17,18). The molecule has 0 aliphatic heterocycles. The summed E-state index contributed by atoms with van der Waals surface area (Å²) in [4.78, 5) is 14.7. The molecule has 2 aromatic rings. The van der Waals surface area contributed by atoms with Gasteiger partial charge in [0.25, 0.3) is 5.91 Å². The van der Waals surface area contributed by atoms with Gasteiger partial charge in [-0.15, -0.1) is 0 Å². The van der Waals surface area contributed by atoms with Crippen molar-refractivity contribution >= 4 is 15.9 Å². The Balaban J connectivity index is 2.13. The van der Waals surface area contributed by atoms with Gasteiger partial charge in [-0.25, -0.2) is 13.6 Å². The van der Waals surface area contributed by atoms with Crippen LogP contribution in [0.3, 0.4) is 0 Å². The molecule has 0 aliphatic carbocycles. The minimum atomic E-state index is -3.80. The monoisotopic (exact) mass is 282 g/mol. The lowest BCUT2D eigenvalue weighted by Crippen LogP contribution is -2.24. The van der Waals surface area contributed by atoms with Gasteiger partial charge < -0.3 is 14.9 Å². The number of nitrogens with zero attached hydrogens (tertiary/aromatic N) is 1. The molecule has 0 atom stereocenters. The van der Waals surface area contributed by atoms with Crippen molar-refractivity contribution in [2.24, 2.45) is 12.2 Å². The topological polar surface area (TPSA) is 110 Å². The van der Waals surface area contributed by atoms with Gasteiger partial charge in [0.1, 0.15) is 10.6 Å². The second-order valence-corrected chi connectivity index (χ2v) is 5.68. The summed E-state index contributed by atoms with van der Waals surface area (Å²) in [5.74, 6) is -0.362. The SMILES string of the molecule is Cn1cc(S(N)(=O)=O)cc1C(=O)NCc1cc[nH]c1. The number of hydrogen-bond acceptors (Lipinski definition) is 3. The van der Waals surface area contributed by atoms with Gasteiger partial charge >= 0.3 is 0 Å². The fourth-order valence-corrected chi connectivity index (χ4v) is 2.24. The fourth-order valence-electron chi connectivity index (χ4n) is 1.66. The molecule has 0 fully saturated rings. The summed E-state index contributed by atoms with van der Waals surface area (Å²) in [6, 6.07) is 3.09. The van der Waals surface area contributed by atoms with E-state index >= 15 is 0 Å². The van der Waals surface area contributed by atoms with Crippen LogP contribution in [-0.2, 0) is 23.6 Å². The van der Waals surface area contributed by atoms with Gasteiger partial charge in [0.2, 0.25) is 10.0 Å². The van der Waals surface area contributed by atoms with Crippen molar-refractivity contribution in [3.8, 4) is 0 Å². The number of aryl methyl sites for hydroxylation is 1. The maximum absolute atomic E-state index is 11.9. The summed E-state index contributed by atoms with van der Waals surface area (Å²) < 4.78 is 23.8. The first-order valence-corrected chi connectivity index (χ1v) is 7.01. The van der Waals surface area contributed by atoms with Crippen molar-refractivity contribution in [1.82, 2.24) is 14.9 Å². The van der Waals surface area contributed by atoms with Crippen molar-refractivity contribution in [2.45, 2.75) is 11.4 Å². The van der Waals surface area contributed by atoms with Gasteiger partial charge in [0, 0.05) is 32.2 Å². The van der Waals surface area contributed by atoms with E-state index in [0.717, 1.165) is 5.56 Å². The summed E-state index contributed by atoms with van der Waals surface area (Å²) in [7, 11) is -2.22. The van der Waals surface area contributed by atoms with Gasteiger partial charge in [0.05, 0.1) is 0 Å². The fraction of sp³-hybridized carbons (Fsp3) is 0.182. The van der Waals surface area contributed by atoms with Crippen LogP contribution in [0.1, 0.15) is 16.1 Å². The Morgan fingerprint density at radius 3 is 2.79 bits per heavy atom. The highest BCUT2D eigenvalue weighted by molar-refractivity contribution is 7.89. The molecule has 0 bridgehead atoms. The molecule has 2 aromatic heterocycles. The molecule has 0 aromatic carbocycles. The normalized spacial score (nSPS) is 11.5. The predicted octanol–water partition coefficient (Wildman–Crippen LogP) is -0.0694. The third-order valence-electron chi connectivity index (χ3n) is 2.66. The van der Waals surface area contributed by atoms with Crippen LogP contribution in [0.5, 0.6) is 0 Å². The number of nitrogens with one attached hydrogen (secondary N) is 2. The van der Waals surface area contributed by atoms with E-state index in [1.165, 1.54) is 16.8 Å². The molecule has 102 valence electrons. The Kier molecular flexibility index (Phi) is 3.45. The van der Waals surface area contributed by atoms with E-state index in [1.54, 1.807) is 19.4 Å². The van der Waals surface area contributed by atoms with E-state index in [1.807, 2.05) is 6.07 Å². The maximum Gasteiger partial charge on any atom is 0.268 e. The Bertz CT molecular complexity index is 686. The van der Waals surface area contributed by atoms with Gasteiger partial charge in [-0.2, -0.15) is 0 Å². The second kappa shape index (κ2) is 4.90. The number of aromatic amines is 1. The van der Waals surface area contributed by atoms with Crippen LogP contribution in [0.2, 0.25) is 0 Å². The van der Waals surface area contributed by atoms with Crippen LogP contribution in [0.25, 0.3) is 0 Å². The molecule has 0 saturated carbocycles. The Hall–Kier alpha value is -2.06. The van der Waals surface area contributed by atoms with Crippen molar-refractivity contribution in [1.29, 1.82) is 0 Å². The Morgan fingerprint density at radius 1 is 1.53 bits per heavy atom. The number of primary sulfonamides is 1. The molecule has 4 N–H and O–H groups in total. The minimum absolute atomic E-state index is 0.0817. The number of hydrogen-bond donors (Lipinski definition) is 3. The first kappa shape index (κ1) is 13.4. The zero-order valence-corrected chi connectivity index (χ0v) is 11.1. The summed E-state index contributed by atoms with van der Waals surface area (Å²) >= 11 is 0. The van der Waals surface area contributed by atoms with Crippen molar-refractivity contribution < 1.29 is 13.2 Å². The van der Waals surface area contributed by atoms with E-state index < -0.39 is 10.0 Å². The van der Waals surface area contributed by atoms with E-state index in [2.05, 4.69) is 10.3 Å². The van der Waals surface area contributed by atoms with Gasteiger partial charge in [-0.1, -0.05) is 0 Å². The molecule has 19 heavy (non-hydrogen) atoms. The summed E-state index contributed by atoms with van der Waals surface area (Å²) in [5, 5.41) is 7.70. The Morgan fingerprint density at radius 2 is 2.26 bits per heavy atom. The van der Waals surface area contributed by atoms with E-state index in [-0.39, 0.29) is 16.5 Å². The lowest BCUT2D eigenvalue weighted by atomic mass is 10.3. The van der Waals surface area contributed by atoms with Gasteiger partial charge in [-0.3, -0.25) is 4.79 Å². The van der Waals surface area contributed by atoms with Crippen LogP contribution < -0.4 is 10.5 Å². The summed E-state index contributed by atoms with van der Waals surface area (Å²) in [6.07, 6.45) is 4.82. The zero-order valence-electron chi connectivity index (χ0n) is 10.3. The molecule has 2 rings (SSSR count). The van der Waals surface area contributed by atoms with Crippen LogP contribution in [0.15, 0.2) is 35.6 Å². The van der Waals surface area contributed by atoms with Crippen LogP contribution in [-0.4, -0.2) is 23.9 Å². The average molecular weight is 282 g/mol. The third kappa shape index (κ3) is 3.04. The summed E-state index contributed by atoms with van der Waals surface area (Å²) in [5.41, 5.74) is 1.16. The average Bonchev–Trinajstić information content (AvgIpc) is 2.93. The highest BCUT2D eigenvalue weighted by Crippen LogP contribution is 2.11. The molecule has 0 radical (unpaired) electrons. The van der Waals surface area contributed by atoms with Gasteiger partial charge in [0.15, 0.2) is 0 Å². The lowest BCUT2D eigenvalue weighted by Gasteiger charge is -2.04. The smallest absolute Gasteiger partial charge is 0.268 e. The largest absolute Gasteiger partial charge is 0.367 e. The molecule has 0 aliphatic rings. The van der Waals surface area contributed by atoms with Crippen molar-refractivity contribution in [2.75, 3.05) is 0 Å². The third-order valence-corrected chi connectivity index (χ3v) is 3.54. The highest BCUT2D eigenvalue weighted by atomic mass is 32.2. The van der Waals surface area contributed by atoms with Crippen molar-refractivity contribution in [3.63, 3.8) is 0 Å². The van der Waals surface area contributed by atoms with Crippen LogP contribution in [0, 0.1) is 0 Å². The number of sulfonamides is 1. The number of H-pyrrole nitrogens is 1. The first-order chi connectivity index (χ1) is 8.88. The van der Waals surface area contributed by atoms with Gasteiger partial charge in [-0.05, 0) is 17.7 Å². The number of rotatable bonds is 4. The Labute approximate surface area is 110 Å². The molecule has 0 unspecified atom stereocenters. The minimum Gasteiger partial charge on any atom is -0.367 e. The number of aromatic nitrogens is 2. The number of carbonyl (C=O) groups is 1. The number of nitrogens with two attached hydrogens (primary N) is 1. The van der Waals surface area contributed by atoms with E-state index in [0.29, 0.717) is 6.54 Å². The second-order valence-electron chi connectivity index (χ2n) is 4.12. The molecule has 2 heterocycles.